The summed E-state index contributed by atoms with van der Waals surface area (Å²) in [4.78, 5) is 28.3. The Bertz CT molecular complexity index is 637. The molecule has 2 fully saturated rings. The van der Waals surface area contributed by atoms with Crippen LogP contribution in [0.5, 0.6) is 0 Å². The number of benzene rings is 1. The fraction of sp³-hybridized carbons (Fsp3) is 0.579. The highest BCUT2D eigenvalue weighted by atomic mass is 19.1. The van der Waals surface area contributed by atoms with Gasteiger partial charge in [0, 0.05) is 37.7 Å². The van der Waals surface area contributed by atoms with Crippen LogP contribution in [-0.2, 0) is 16.1 Å². The van der Waals surface area contributed by atoms with Gasteiger partial charge in [0.15, 0.2) is 0 Å². The van der Waals surface area contributed by atoms with Crippen molar-refractivity contribution >= 4 is 11.8 Å². The second-order valence-electron chi connectivity index (χ2n) is 6.97. The number of amides is 2. The van der Waals surface area contributed by atoms with Crippen molar-refractivity contribution < 1.29 is 14.0 Å². The van der Waals surface area contributed by atoms with Gasteiger partial charge < -0.3 is 10.2 Å². The quantitative estimate of drug-likeness (QED) is 0.885. The third-order valence-electron chi connectivity index (χ3n) is 5.34. The zero-order valence-corrected chi connectivity index (χ0v) is 14.7. The first-order valence-corrected chi connectivity index (χ1v) is 9.07. The van der Waals surface area contributed by atoms with Crippen molar-refractivity contribution in [1.82, 2.24) is 15.1 Å². The first-order chi connectivity index (χ1) is 12.1. The lowest BCUT2D eigenvalue weighted by molar-refractivity contribution is -0.130. The van der Waals surface area contributed by atoms with Crippen molar-refractivity contribution in [3.8, 4) is 0 Å². The van der Waals surface area contributed by atoms with Crippen molar-refractivity contribution in [2.45, 2.75) is 51.2 Å². The van der Waals surface area contributed by atoms with Gasteiger partial charge in [-0.05, 0) is 38.3 Å². The van der Waals surface area contributed by atoms with Gasteiger partial charge in [-0.3, -0.25) is 14.5 Å². The molecule has 3 rings (SSSR count). The lowest BCUT2D eigenvalue weighted by Crippen LogP contribution is -2.50. The smallest absolute Gasteiger partial charge is 0.234 e. The number of carbonyl (C=O) groups excluding carboxylic acids is 2. The largest absolute Gasteiger partial charge is 0.351 e. The van der Waals surface area contributed by atoms with Crippen molar-refractivity contribution in [3.63, 3.8) is 0 Å². The van der Waals surface area contributed by atoms with Crippen LogP contribution >= 0.6 is 0 Å². The van der Waals surface area contributed by atoms with Crippen LogP contribution in [-0.4, -0.2) is 53.3 Å². The molecule has 5 nitrogen and oxygen atoms in total. The van der Waals surface area contributed by atoms with E-state index in [1.54, 1.807) is 25.1 Å². The Balaban J connectivity index is 1.55. The predicted molar refractivity (Wildman–Crippen MR) is 93.3 cm³/mol. The van der Waals surface area contributed by atoms with Gasteiger partial charge >= 0.3 is 0 Å². The summed E-state index contributed by atoms with van der Waals surface area (Å²) >= 11 is 0. The molecule has 0 aromatic heterocycles. The van der Waals surface area contributed by atoms with E-state index in [2.05, 4.69) is 10.2 Å². The van der Waals surface area contributed by atoms with Crippen LogP contribution < -0.4 is 5.32 Å². The Hall–Kier alpha value is -1.95. The number of nitrogens with zero attached hydrogens (tertiary/aromatic N) is 2. The van der Waals surface area contributed by atoms with E-state index < -0.39 is 0 Å². The second kappa shape index (κ2) is 7.95. The summed E-state index contributed by atoms with van der Waals surface area (Å²) in [6, 6.07) is 6.95. The molecule has 1 aromatic rings. The standard InChI is InChI=1S/C19H26FN3O2/c1-14(24)23-11-5-9-18(23)17-8-4-10-22(17)13-19(25)21-12-15-6-2-3-7-16(15)20/h2-3,6-7,17-18H,4-5,8-13H2,1H3,(H,21,25)/t17-,18+/m1/s1. The molecule has 2 aliphatic heterocycles. The molecule has 0 bridgehead atoms. The topological polar surface area (TPSA) is 52.7 Å². The van der Waals surface area contributed by atoms with Crippen molar-refractivity contribution in [3.05, 3.63) is 35.6 Å². The lowest BCUT2D eigenvalue weighted by atomic mass is 10.0. The molecule has 136 valence electrons. The molecule has 0 unspecified atom stereocenters. The van der Waals surface area contributed by atoms with Crippen LogP contribution in [0.1, 0.15) is 38.2 Å². The highest BCUT2D eigenvalue weighted by Crippen LogP contribution is 2.29. The van der Waals surface area contributed by atoms with Gasteiger partial charge in [-0.2, -0.15) is 0 Å². The number of hydrogen-bond acceptors (Lipinski definition) is 3. The average molecular weight is 347 g/mol. The van der Waals surface area contributed by atoms with Gasteiger partial charge in [0.2, 0.25) is 11.8 Å². The van der Waals surface area contributed by atoms with E-state index in [9.17, 15) is 14.0 Å². The number of hydrogen-bond donors (Lipinski definition) is 1. The molecule has 0 radical (unpaired) electrons. The van der Waals surface area contributed by atoms with Gasteiger partial charge in [0.05, 0.1) is 6.54 Å². The molecule has 0 spiro atoms. The normalized spacial score (nSPS) is 23.8. The maximum atomic E-state index is 13.6. The molecule has 2 atom stereocenters. The van der Waals surface area contributed by atoms with Gasteiger partial charge in [0.25, 0.3) is 0 Å². The van der Waals surface area contributed by atoms with E-state index in [1.165, 1.54) is 6.07 Å². The van der Waals surface area contributed by atoms with Crippen LogP contribution in [0.15, 0.2) is 24.3 Å². The summed E-state index contributed by atoms with van der Waals surface area (Å²) < 4.78 is 13.6. The predicted octanol–water partition coefficient (Wildman–Crippen LogP) is 1.92. The minimum Gasteiger partial charge on any atom is -0.351 e. The van der Waals surface area contributed by atoms with Crippen LogP contribution in [0.3, 0.4) is 0 Å². The Morgan fingerprint density at radius 1 is 1.16 bits per heavy atom. The summed E-state index contributed by atoms with van der Waals surface area (Å²) in [5.74, 6) is -0.272. The molecular formula is C19H26FN3O2. The summed E-state index contributed by atoms with van der Waals surface area (Å²) in [5.41, 5.74) is 0.493. The van der Waals surface area contributed by atoms with Gasteiger partial charge in [-0.15, -0.1) is 0 Å². The Kier molecular flexibility index (Phi) is 5.68. The fourth-order valence-electron chi connectivity index (χ4n) is 4.14. The van der Waals surface area contributed by atoms with E-state index in [0.29, 0.717) is 12.1 Å². The summed E-state index contributed by atoms with van der Waals surface area (Å²) in [6.45, 7) is 3.83. The first-order valence-electron chi connectivity index (χ1n) is 9.07. The fourth-order valence-corrected chi connectivity index (χ4v) is 4.14. The number of rotatable bonds is 5. The van der Waals surface area contributed by atoms with Crippen LogP contribution in [0, 0.1) is 5.82 Å². The van der Waals surface area contributed by atoms with Gasteiger partial charge in [0.1, 0.15) is 5.82 Å². The second-order valence-corrected chi connectivity index (χ2v) is 6.97. The third kappa shape index (κ3) is 4.18. The molecule has 2 saturated heterocycles. The molecule has 25 heavy (non-hydrogen) atoms. The number of carbonyl (C=O) groups is 2. The highest BCUT2D eigenvalue weighted by Gasteiger charge is 2.39. The zero-order valence-electron chi connectivity index (χ0n) is 14.7. The minimum absolute atomic E-state index is 0.0949. The molecule has 1 aromatic carbocycles. The molecule has 1 N–H and O–H groups in total. The average Bonchev–Trinajstić information content (AvgIpc) is 3.22. The first kappa shape index (κ1) is 17.9. The summed E-state index contributed by atoms with van der Waals surface area (Å²) in [5, 5.41) is 2.81. The number of nitrogens with one attached hydrogen (secondary N) is 1. The Morgan fingerprint density at radius 3 is 2.64 bits per heavy atom. The molecule has 0 aliphatic carbocycles. The van der Waals surface area contributed by atoms with E-state index in [1.807, 2.05) is 4.90 Å². The maximum absolute atomic E-state index is 13.6. The van der Waals surface area contributed by atoms with Gasteiger partial charge in [-0.25, -0.2) is 4.39 Å². The molecule has 0 saturated carbocycles. The summed E-state index contributed by atoms with van der Waals surface area (Å²) in [7, 11) is 0. The zero-order chi connectivity index (χ0) is 17.8. The van der Waals surface area contributed by atoms with Crippen molar-refractivity contribution in [2.24, 2.45) is 0 Å². The van der Waals surface area contributed by atoms with Gasteiger partial charge in [-0.1, -0.05) is 18.2 Å². The third-order valence-corrected chi connectivity index (χ3v) is 5.34. The molecule has 2 heterocycles. The molecule has 6 heteroatoms. The van der Waals surface area contributed by atoms with Crippen molar-refractivity contribution in [2.75, 3.05) is 19.6 Å². The van der Waals surface area contributed by atoms with Crippen LogP contribution in [0.25, 0.3) is 0 Å². The van der Waals surface area contributed by atoms with E-state index in [0.717, 1.165) is 38.8 Å². The van der Waals surface area contributed by atoms with Crippen molar-refractivity contribution in [1.29, 1.82) is 0 Å². The number of halogens is 1. The molecule has 2 amide bonds. The molecule has 2 aliphatic rings. The number of likely N-dealkylation sites (tertiary alicyclic amines) is 2. The van der Waals surface area contributed by atoms with Crippen LogP contribution in [0.2, 0.25) is 0 Å². The maximum Gasteiger partial charge on any atom is 0.234 e. The van der Waals surface area contributed by atoms with E-state index >= 15 is 0 Å². The van der Waals surface area contributed by atoms with E-state index in [-0.39, 0.29) is 36.3 Å². The Morgan fingerprint density at radius 2 is 1.88 bits per heavy atom. The highest BCUT2D eigenvalue weighted by molar-refractivity contribution is 5.78. The van der Waals surface area contributed by atoms with Crippen LogP contribution in [0.4, 0.5) is 4.39 Å². The minimum atomic E-state index is -0.301. The summed E-state index contributed by atoms with van der Waals surface area (Å²) in [6.07, 6.45) is 4.12. The van der Waals surface area contributed by atoms with E-state index in [4.69, 9.17) is 0 Å². The monoisotopic (exact) mass is 347 g/mol. The SMILES string of the molecule is CC(=O)N1CCC[C@H]1[C@H]1CCCN1CC(=O)NCc1ccccc1F. The Labute approximate surface area is 148 Å². The molecular weight excluding hydrogens is 321 g/mol. The lowest BCUT2D eigenvalue weighted by Gasteiger charge is -2.34.